The second kappa shape index (κ2) is 8.33. The van der Waals surface area contributed by atoms with Gasteiger partial charge in [-0.2, -0.15) is 5.10 Å². The molecule has 3 rings (SSSR count). The largest absolute Gasteiger partial charge is 0.331 e. The lowest BCUT2D eigenvalue weighted by atomic mass is 10.1. The molecule has 26 heavy (non-hydrogen) atoms. The molecule has 6 nitrogen and oxygen atoms in total. The molecule has 0 aliphatic heterocycles. The maximum Gasteiger partial charge on any atom is 0.318 e. The molecule has 0 spiro atoms. The molecule has 1 N–H and O–H groups in total. The molecular weight excluding hydrogens is 370 g/mol. The third-order valence-electron chi connectivity index (χ3n) is 4.06. The Labute approximate surface area is 161 Å². The van der Waals surface area contributed by atoms with Gasteiger partial charge in [0.2, 0.25) is 0 Å². The first-order valence-electron chi connectivity index (χ1n) is 8.31. The van der Waals surface area contributed by atoms with E-state index in [4.69, 9.17) is 11.6 Å². The van der Waals surface area contributed by atoms with Gasteiger partial charge >= 0.3 is 6.03 Å². The Bertz CT molecular complexity index is 847. The quantitative estimate of drug-likeness (QED) is 0.684. The first-order valence-corrected chi connectivity index (χ1v) is 9.51. The van der Waals surface area contributed by atoms with Crippen molar-refractivity contribution in [3.05, 3.63) is 63.8 Å². The Balaban J connectivity index is 1.62. The van der Waals surface area contributed by atoms with E-state index in [1.165, 1.54) is 17.7 Å². The number of carbonyl (C=O) groups excluding carboxylic acids is 1. The van der Waals surface area contributed by atoms with Crippen molar-refractivity contribution in [3.8, 4) is 5.69 Å². The Morgan fingerprint density at radius 2 is 2.08 bits per heavy atom. The fraction of sp³-hybridized carbons (Fsp3) is 0.278. The van der Waals surface area contributed by atoms with E-state index in [-0.39, 0.29) is 12.1 Å². The molecule has 8 heteroatoms. The minimum absolute atomic E-state index is 0.0927. The monoisotopic (exact) mass is 389 g/mol. The summed E-state index contributed by atoms with van der Waals surface area (Å²) in [6.45, 7) is 5.11. The molecule has 2 heterocycles. The van der Waals surface area contributed by atoms with E-state index < -0.39 is 0 Å². The fourth-order valence-corrected chi connectivity index (χ4v) is 3.67. The van der Waals surface area contributed by atoms with Gasteiger partial charge in [-0.15, -0.1) is 11.3 Å². The van der Waals surface area contributed by atoms with E-state index in [2.05, 4.69) is 15.4 Å². The van der Waals surface area contributed by atoms with Gasteiger partial charge in [0.05, 0.1) is 22.6 Å². The summed E-state index contributed by atoms with van der Waals surface area (Å²) in [5, 5.41) is 7.16. The summed E-state index contributed by atoms with van der Waals surface area (Å²) in [6.07, 6.45) is 3.15. The molecule has 1 unspecified atom stereocenters. The highest BCUT2D eigenvalue weighted by molar-refractivity contribution is 7.16. The number of benzene rings is 1. The standard InChI is InChI=1S/C18H20ClN5OS/c1-3-23(10-16-8-9-17(19)26-16)18(25)22-13(2)14-4-6-15(7-5-14)24-12-20-11-21-24/h4-9,11-13H,3,10H2,1-2H3,(H,22,25). The molecule has 0 saturated heterocycles. The van der Waals surface area contributed by atoms with Gasteiger partial charge in [-0.1, -0.05) is 23.7 Å². The van der Waals surface area contributed by atoms with E-state index in [0.717, 1.165) is 20.5 Å². The molecule has 0 bridgehead atoms. The minimum Gasteiger partial charge on any atom is -0.331 e. The maximum atomic E-state index is 12.6. The number of carbonyl (C=O) groups is 1. The highest BCUT2D eigenvalue weighted by atomic mass is 35.5. The predicted molar refractivity (Wildman–Crippen MR) is 104 cm³/mol. The Kier molecular flexibility index (Phi) is 5.90. The van der Waals surface area contributed by atoms with Crippen LogP contribution in [0.5, 0.6) is 0 Å². The van der Waals surface area contributed by atoms with Crippen LogP contribution < -0.4 is 5.32 Å². The molecule has 2 amide bonds. The summed E-state index contributed by atoms with van der Waals surface area (Å²) in [5.74, 6) is 0. The lowest BCUT2D eigenvalue weighted by Crippen LogP contribution is -2.40. The van der Waals surface area contributed by atoms with Crippen molar-refractivity contribution >= 4 is 29.0 Å². The zero-order chi connectivity index (χ0) is 18.5. The number of urea groups is 1. The summed E-state index contributed by atoms with van der Waals surface area (Å²) < 4.78 is 2.43. The van der Waals surface area contributed by atoms with Gasteiger partial charge < -0.3 is 10.2 Å². The van der Waals surface area contributed by atoms with Crippen molar-refractivity contribution in [2.24, 2.45) is 0 Å². The molecule has 3 aromatic rings. The van der Waals surface area contributed by atoms with Crippen molar-refractivity contribution < 1.29 is 4.79 Å². The topological polar surface area (TPSA) is 63.1 Å². The Morgan fingerprint density at radius 3 is 2.65 bits per heavy atom. The molecule has 2 aromatic heterocycles. The average Bonchev–Trinajstić information content (AvgIpc) is 3.31. The average molecular weight is 390 g/mol. The number of hydrogen-bond donors (Lipinski definition) is 1. The highest BCUT2D eigenvalue weighted by Gasteiger charge is 2.16. The van der Waals surface area contributed by atoms with Crippen LogP contribution in [-0.2, 0) is 6.54 Å². The molecular formula is C18H20ClN5OS. The van der Waals surface area contributed by atoms with Gasteiger partial charge in [0.25, 0.3) is 0 Å². The molecule has 0 radical (unpaired) electrons. The number of hydrogen-bond acceptors (Lipinski definition) is 4. The van der Waals surface area contributed by atoms with Crippen molar-refractivity contribution in [3.63, 3.8) is 0 Å². The van der Waals surface area contributed by atoms with Crippen LogP contribution in [0.15, 0.2) is 49.1 Å². The van der Waals surface area contributed by atoms with Crippen molar-refractivity contribution in [1.82, 2.24) is 25.0 Å². The fourth-order valence-electron chi connectivity index (χ4n) is 2.57. The van der Waals surface area contributed by atoms with Gasteiger partial charge in [0.1, 0.15) is 12.7 Å². The zero-order valence-electron chi connectivity index (χ0n) is 14.6. The van der Waals surface area contributed by atoms with Gasteiger partial charge in [-0.25, -0.2) is 14.5 Å². The number of aromatic nitrogens is 3. The number of nitrogens with one attached hydrogen (secondary N) is 1. The van der Waals surface area contributed by atoms with E-state index in [1.54, 1.807) is 15.9 Å². The number of thiophene rings is 1. The van der Waals surface area contributed by atoms with Crippen molar-refractivity contribution in [1.29, 1.82) is 0 Å². The van der Waals surface area contributed by atoms with E-state index in [0.29, 0.717) is 13.1 Å². The molecule has 1 atom stereocenters. The smallest absolute Gasteiger partial charge is 0.318 e. The summed E-state index contributed by atoms with van der Waals surface area (Å²) >= 11 is 7.46. The van der Waals surface area contributed by atoms with Crippen LogP contribution in [0.25, 0.3) is 5.69 Å². The number of amides is 2. The highest BCUT2D eigenvalue weighted by Crippen LogP contribution is 2.23. The minimum atomic E-state index is -0.103. The lowest BCUT2D eigenvalue weighted by molar-refractivity contribution is 0.195. The van der Waals surface area contributed by atoms with Crippen LogP contribution in [0.2, 0.25) is 4.34 Å². The third kappa shape index (κ3) is 4.42. The van der Waals surface area contributed by atoms with Crippen molar-refractivity contribution in [2.75, 3.05) is 6.54 Å². The Morgan fingerprint density at radius 1 is 1.31 bits per heavy atom. The molecule has 136 valence electrons. The summed E-state index contributed by atoms with van der Waals surface area (Å²) in [7, 11) is 0. The van der Waals surface area contributed by atoms with E-state index in [1.807, 2.05) is 50.2 Å². The zero-order valence-corrected chi connectivity index (χ0v) is 16.2. The number of rotatable bonds is 6. The second-order valence-corrected chi connectivity index (χ2v) is 7.62. The SMILES string of the molecule is CCN(Cc1ccc(Cl)s1)C(=O)NC(C)c1ccc(-n2cncn2)cc1. The first-order chi connectivity index (χ1) is 12.6. The Hall–Kier alpha value is -2.38. The van der Waals surface area contributed by atoms with Gasteiger partial charge in [0, 0.05) is 11.4 Å². The lowest BCUT2D eigenvalue weighted by Gasteiger charge is -2.24. The maximum absolute atomic E-state index is 12.6. The number of nitrogens with zero attached hydrogens (tertiary/aromatic N) is 4. The molecule has 0 fully saturated rings. The summed E-state index contributed by atoms with van der Waals surface area (Å²) in [6, 6.07) is 11.5. The van der Waals surface area contributed by atoms with Crippen LogP contribution in [0.3, 0.4) is 0 Å². The summed E-state index contributed by atoms with van der Waals surface area (Å²) in [5.41, 5.74) is 1.95. The molecule has 0 aliphatic carbocycles. The van der Waals surface area contributed by atoms with Crippen LogP contribution in [0, 0.1) is 0 Å². The van der Waals surface area contributed by atoms with E-state index >= 15 is 0 Å². The van der Waals surface area contributed by atoms with E-state index in [9.17, 15) is 4.79 Å². The van der Waals surface area contributed by atoms with Gasteiger partial charge in [-0.05, 0) is 43.7 Å². The van der Waals surface area contributed by atoms with Crippen LogP contribution >= 0.6 is 22.9 Å². The molecule has 1 aromatic carbocycles. The number of halogens is 1. The second-order valence-electron chi connectivity index (χ2n) is 5.82. The summed E-state index contributed by atoms with van der Waals surface area (Å²) in [4.78, 5) is 19.4. The first kappa shape index (κ1) is 18.4. The molecule has 0 saturated carbocycles. The van der Waals surface area contributed by atoms with Crippen LogP contribution in [0.1, 0.15) is 30.3 Å². The van der Waals surface area contributed by atoms with Crippen LogP contribution in [-0.4, -0.2) is 32.2 Å². The third-order valence-corrected chi connectivity index (χ3v) is 5.28. The predicted octanol–water partition coefficient (Wildman–Crippen LogP) is 4.27. The van der Waals surface area contributed by atoms with Crippen LogP contribution in [0.4, 0.5) is 4.79 Å². The van der Waals surface area contributed by atoms with Crippen molar-refractivity contribution in [2.45, 2.75) is 26.4 Å². The van der Waals surface area contributed by atoms with Gasteiger partial charge in [0.15, 0.2) is 0 Å². The normalized spacial score (nSPS) is 12.0. The molecule has 0 aliphatic rings. The van der Waals surface area contributed by atoms with Gasteiger partial charge in [-0.3, -0.25) is 0 Å².